The number of hydrogen-bond acceptors (Lipinski definition) is 9. The van der Waals surface area contributed by atoms with Crippen LogP contribution in [0.5, 0.6) is 0 Å². The number of carbonyl (C=O) groups is 1. The minimum atomic E-state index is -3.91. The van der Waals surface area contributed by atoms with Gasteiger partial charge in [0.15, 0.2) is 15.7 Å². The van der Waals surface area contributed by atoms with Gasteiger partial charge in [-0.3, -0.25) is 0 Å². The number of sulfonamides is 1. The smallest absolute Gasteiger partial charge is 0.358 e. The lowest BCUT2D eigenvalue weighted by molar-refractivity contribution is 0.0590. The molecule has 2 heterocycles. The number of aromatic nitrogens is 3. The highest BCUT2D eigenvalue weighted by atomic mass is 32.2. The van der Waals surface area contributed by atoms with Gasteiger partial charge in [0.1, 0.15) is 0 Å². The maximum absolute atomic E-state index is 12.1. The van der Waals surface area contributed by atoms with Crippen LogP contribution in [0.15, 0.2) is 14.2 Å². The van der Waals surface area contributed by atoms with Crippen LogP contribution in [-0.2, 0) is 21.3 Å². The molecule has 0 aromatic carbocycles. The van der Waals surface area contributed by atoms with Gasteiger partial charge in [-0.2, -0.15) is 4.98 Å². The standard InChI is InChI=1S/C9H10N4O5S2/c1-5-12-6(13-18-5)3-11-20(15,16)9-7(8(14)17-2)10-4-19-9/h4,11H,3H2,1-2H3. The Morgan fingerprint density at radius 1 is 1.55 bits per heavy atom. The number of esters is 1. The van der Waals surface area contributed by atoms with E-state index >= 15 is 0 Å². The van der Waals surface area contributed by atoms with Gasteiger partial charge >= 0.3 is 5.97 Å². The first-order valence-corrected chi connectivity index (χ1v) is 7.61. The molecule has 2 aromatic heterocycles. The van der Waals surface area contributed by atoms with Crippen LogP contribution in [0.2, 0.25) is 0 Å². The Morgan fingerprint density at radius 3 is 2.90 bits per heavy atom. The predicted molar refractivity (Wildman–Crippen MR) is 66.5 cm³/mol. The van der Waals surface area contributed by atoms with Crippen LogP contribution >= 0.6 is 11.3 Å². The van der Waals surface area contributed by atoms with Crippen molar-refractivity contribution < 1.29 is 22.5 Å². The molecule has 2 aromatic rings. The number of nitrogens with one attached hydrogen (secondary N) is 1. The van der Waals surface area contributed by atoms with Gasteiger partial charge in [-0.1, -0.05) is 5.16 Å². The molecule has 0 spiro atoms. The van der Waals surface area contributed by atoms with E-state index in [-0.39, 0.29) is 22.3 Å². The minimum absolute atomic E-state index is 0.155. The van der Waals surface area contributed by atoms with Crippen LogP contribution in [0.25, 0.3) is 0 Å². The molecule has 0 aliphatic heterocycles. The zero-order valence-corrected chi connectivity index (χ0v) is 12.1. The third kappa shape index (κ3) is 3.00. The lowest BCUT2D eigenvalue weighted by atomic mass is 10.5. The molecule has 0 atom stereocenters. The van der Waals surface area contributed by atoms with Gasteiger partial charge in [-0.15, -0.1) is 11.3 Å². The van der Waals surface area contributed by atoms with E-state index in [4.69, 9.17) is 4.52 Å². The molecule has 0 aliphatic carbocycles. The summed E-state index contributed by atoms with van der Waals surface area (Å²) in [7, 11) is -2.76. The molecule has 108 valence electrons. The summed E-state index contributed by atoms with van der Waals surface area (Å²) in [5.74, 6) is -0.301. The average molecular weight is 318 g/mol. The SMILES string of the molecule is COC(=O)c1ncsc1S(=O)(=O)NCc1noc(C)n1. The number of carbonyl (C=O) groups excluding carboxylic acids is 1. The fourth-order valence-electron chi connectivity index (χ4n) is 1.30. The Kier molecular flexibility index (Phi) is 4.11. The predicted octanol–water partition coefficient (Wildman–Crippen LogP) is 0.0996. The summed E-state index contributed by atoms with van der Waals surface area (Å²) in [5, 5.41) is 3.56. The summed E-state index contributed by atoms with van der Waals surface area (Å²) in [6.07, 6.45) is 0. The van der Waals surface area contributed by atoms with E-state index in [1.165, 1.54) is 5.51 Å². The molecule has 0 aliphatic rings. The molecule has 0 radical (unpaired) electrons. The molecule has 1 N–H and O–H groups in total. The van der Waals surface area contributed by atoms with Gasteiger partial charge in [0, 0.05) is 6.92 Å². The number of hydrogen-bond donors (Lipinski definition) is 1. The molecule has 20 heavy (non-hydrogen) atoms. The Morgan fingerprint density at radius 2 is 2.30 bits per heavy atom. The van der Waals surface area contributed by atoms with Crippen LogP contribution in [0, 0.1) is 6.92 Å². The first-order chi connectivity index (χ1) is 9.44. The average Bonchev–Trinajstić information content (AvgIpc) is 3.04. The topological polar surface area (TPSA) is 124 Å². The van der Waals surface area contributed by atoms with E-state index in [9.17, 15) is 13.2 Å². The Bertz CT molecular complexity index is 720. The molecular formula is C9H10N4O5S2. The van der Waals surface area contributed by atoms with Crippen molar-refractivity contribution in [2.45, 2.75) is 17.7 Å². The van der Waals surface area contributed by atoms with E-state index in [1.807, 2.05) is 0 Å². The summed E-state index contributed by atoms with van der Waals surface area (Å²) in [6.45, 7) is 1.43. The van der Waals surface area contributed by atoms with E-state index < -0.39 is 16.0 Å². The number of rotatable bonds is 5. The van der Waals surface area contributed by atoms with Crippen LogP contribution in [0.4, 0.5) is 0 Å². The van der Waals surface area contributed by atoms with Crippen LogP contribution < -0.4 is 4.72 Å². The molecule has 0 bridgehead atoms. The van der Waals surface area contributed by atoms with Crippen LogP contribution in [0.3, 0.4) is 0 Å². The fraction of sp³-hybridized carbons (Fsp3) is 0.333. The lowest BCUT2D eigenvalue weighted by Gasteiger charge is -2.03. The molecule has 0 fully saturated rings. The fourth-order valence-corrected chi connectivity index (χ4v) is 3.45. The van der Waals surface area contributed by atoms with Gasteiger partial charge < -0.3 is 9.26 Å². The van der Waals surface area contributed by atoms with Gasteiger partial charge in [0.25, 0.3) is 10.0 Å². The molecule has 9 nitrogen and oxygen atoms in total. The largest absolute Gasteiger partial charge is 0.464 e. The summed E-state index contributed by atoms with van der Waals surface area (Å²) < 4.78 is 35.4. The number of nitrogens with zero attached hydrogens (tertiary/aromatic N) is 3. The molecule has 2 rings (SSSR count). The molecule has 11 heteroatoms. The highest BCUT2D eigenvalue weighted by Crippen LogP contribution is 2.20. The highest BCUT2D eigenvalue weighted by Gasteiger charge is 2.26. The molecule has 0 saturated heterocycles. The van der Waals surface area contributed by atoms with Crippen molar-refractivity contribution in [2.75, 3.05) is 7.11 Å². The maximum atomic E-state index is 12.1. The molecule has 0 saturated carbocycles. The van der Waals surface area contributed by atoms with E-state index in [0.717, 1.165) is 18.4 Å². The highest BCUT2D eigenvalue weighted by molar-refractivity contribution is 7.91. The van der Waals surface area contributed by atoms with Gasteiger partial charge in [0.2, 0.25) is 5.89 Å². The van der Waals surface area contributed by atoms with Crippen molar-refractivity contribution in [2.24, 2.45) is 0 Å². The van der Waals surface area contributed by atoms with Gasteiger partial charge in [-0.25, -0.2) is 22.9 Å². The van der Waals surface area contributed by atoms with Crippen molar-refractivity contribution in [3.8, 4) is 0 Å². The molecule has 0 amide bonds. The second-order valence-corrected chi connectivity index (χ2v) is 6.35. The first-order valence-electron chi connectivity index (χ1n) is 5.24. The van der Waals surface area contributed by atoms with E-state index in [1.54, 1.807) is 6.92 Å². The monoisotopic (exact) mass is 318 g/mol. The summed E-state index contributed by atoms with van der Waals surface area (Å²) in [6, 6.07) is 0. The second-order valence-electron chi connectivity index (χ2n) is 3.53. The van der Waals surface area contributed by atoms with Crippen LogP contribution in [-0.4, -0.2) is 36.6 Å². The third-order valence-corrected chi connectivity index (χ3v) is 4.92. The zero-order chi connectivity index (χ0) is 14.8. The third-order valence-electron chi connectivity index (χ3n) is 2.15. The number of ether oxygens (including phenoxy) is 1. The van der Waals surface area contributed by atoms with Gasteiger partial charge in [-0.05, 0) is 0 Å². The number of methoxy groups -OCH3 is 1. The van der Waals surface area contributed by atoms with Crippen molar-refractivity contribution in [3.63, 3.8) is 0 Å². The molecule has 0 unspecified atom stereocenters. The van der Waals surface area contributed by atoms with Crippen molar-refractivity contribution in [3.05, 3.63) is 22.9 Å². The Labute approximate surface area is 118 Å². The molecular weight excluding hydrogens is 308 g/mol. The normalized spacial score (nSPS) is 11.5. The Hall–Kier alpha value is -1.85. The van der Waals surface area contributed by atoms with Crippen molar-refractivity contribution in [1.29, 1.82) is 0 Å². The number of aryl methyl sites for hydroxylation is 1. The van der Waals surface area contributed by atoms with Gasteiger partial charge in [0.05, 0.1) is 19.2 Å². The van der Waals surface area contributed by atoms with Crippen molar-refractivity contribution >= 4 is 27.3 Å². The van der Waals surface area contributed by atoms with Crippen LogP contribution in [0.1, 0.15) is 22.2 Å². The zero-order valence-electron chi connectivity index (χ0n) is 10.5. The second kappa shape index (κ2) is 5.64. The Balaban J connectivity index is 2.18. The number of thiazole rings is 1. The maximum Gasteiger partial charge on any atom is 0.358 e. The first kappa shape index (κ1) is 14.6. The minimum Gasteiger partial charge on any atom is -0.464 e. The summed E-state index contributed by atoms with van der Waals surface area (Å²) in [4.78, 5) is 19.0. The van der Waals surface area contributed by atoms with Crippen molar-refractivity contribution in [1.82, 2.24) is 19.8 Å². The lowest BCUT2D eigenvalue weighted by Crippen LogP contribution is -2.25. The van der Waals surface area contributed by atoms with E-state index in [0.29, 0.717) is 5.89 Å². The summed E-state index contributed by atoms with van der Waals surface area (Å²) >= 11 is 0.814. The van der Waals surface area contributed by atoms with E-state index in [2.05, 4.69) is 24.6 Å². The quantitative estimate of drug-likeness (QED) is 0.770. The summed E-state index contributed by atoms with van der Waals surface area (Å²) in [5.41, 5.74) is 0.994.